The monoisotopic (exact) mass is 960 g/mol. The van der Waals surface area contributed by atoms with Gasteiger partial charge in [0.05, 0.1) is 33.5 Å². The third-order valence-electron chi connectivity index (χ3n) is 15.2. The Morgan fingerprint density at radius 2 is 0.753 bits per heavy atom. The maximum absolute atomic E-state index is 7.37. The lowest BCUT2D eigenvalue weighted by Gasteiger charge is -2.30. The van der Waals surface area contributed by atoms with Crippen LogP contribution in [0.3, 0.4) is 0 Å². The lowest BCUT2D eigenvalue weighted by Crippen LogP contribution is -2.14. The second kappa shape index (κ2) is 16.1. The average Bonchev–Trinajstić information content (AvgIpc) is 4.17. The third-order valence-corrected chi connectivity index (χ3v) is 16.1. The van der Waals surface area contributed by atoms with Gasteiger partial charge < -0.3 is 18.6 Å². The van der Waals surface area contributed by atoms with Crippen LogP contribution >= 0.6 is 11.3 Å². The standard InChI is InChI=1S/C68H52N2O2S/c1-67(2,3)43-29-33-45(34-30-43)69(54-25-15-19-41-17-7-9-21-47(41)54)56-39-52-49-37-38-73-66(49)53-40-57(70(46-35-31-44(32-36-46)68(4,5)6)55-26-16-20-42-18-8-10-22-48(42)55)61-51-24-12-14-28-59(51)72-65(61)63(53)62(52)64-60(56)50-23-11-13-27-58(50)71-64/h7-40H,1-6H3. The zero-order valence-corrected chi connectivity index (χ0v) is 42.6. The molecule has 4 nitrogen and oxygen atoms in total. The molecule has 3 heterocycles. The minimum atomic E-state index is -0.00392. The number of para-hydroxylation sites is 2. The Hall–Kier alpha value is -8.38. The minimum Gasteiger partial charge on any atom is -0.455 e. The first-order valence-corrected chi connectivity index (χ1v) is 26.2. The Morgan fingerprint density at radius 1 is 0.342 bits per heavy atom. The van der Waals surface area contributed by atoms with Crippen LogP contribution in [0.1, 0.15) is 52.7 Å². The van der Waals surface area contributed by atoms with Crippen molar-refractivity contribution < 1.29 is 8.83 Å². The van der Waals surface area contributed by atoms with Crippen molar-refractivity contribution in [2.45, 2.75) is 52.4 Å². The Labute approximate surface area is 427 Å². The lowest BCUT2D eigenvalue weighted by molar-refractivity contribution is 0.590. The summed E-state index contributed by atoms with van der Waals surface area (Å²) in [6.07, 6.45) is 0. The summed E-state index contributed by atoms with van der Waals surface area (Å²) in [5.74, 6) is 0. The molecule has 14 rings (SSSR count). The van der Waals surface area contributed by atoms with Crippen LogP contribution in [0.4, 0.5) is 34.1 Å². The maximum atomic E-state index is 7.37. The summed E-state index contributed by atoms with van der Waals surface area (Å²) in [6, 6.07) is 73.3. The van der Waals surface area contributed by atoms with Gasteiger partial charge in [-0.05, 0) is 110 Å². The fraction of sp³-hybridized carbons (Fsp3) is 0.118. The van der Waals surface area contributed by atoms with Gasteiger partial charge in [-0.1, -0.05) is 175 Å². The lowest BCUT2D eigenvalue weighted by atomic mass is 9.87. The van der Waals surface area contributed by atoms with E-state index >= 15 is 0 Å². The summed E-state index contributed by atoms with van der Waals surface area (Å²) < 4.78 is 15.9. The van der Waals surface area contributed by atoms with Crippen molar-refractivity contribution in [3.8, 4) is 0 Å². The van der Waals surface area contributed by atoms with Gasteiger partial charge >= 0.3 is 0 Å². The minimum absolute atomic E-state index is 0.00370. The number of thiophene rings is 1. The first kappa shape index (κ1) is 43.4. The second-order valence-electron chi connectivity index (χ2n) is 21.7. The van der Waals surface area contributed by atoms with E-state index in [4.69, 9.17) is 8.83 Å². The third kappa shape index (κ3) is 6.72. The van der Waals surface area contributed by atoms with Gasteiger partial charge in [-0.25, -0.2) is 0 Å². The fourth-order valence-corrected chi connectivity index (χ4v) is 12.5. The Balaban J connectivity index is 1.15. The van der Waals surface area contributed by atoms with E-state index < -0.39 is 0 Å². The van der Waals surface area contributed by atoms with Crippen LogP contribution in [0.15, 0.2) is 214 Å². The summed E-state index contributed by atoms with van der Waals surface area (Å²) in [4.78, 5) is 4.93. The van der Waals surface area contributed by atoms with Crippen LogP contribution < -0.4 is 9.80 Å². The fourth-order valence-electron chi connectivity index (χ4n) is 11.6. The van der Waals surface area contributed by atoms with Gasteiger partial charge in [0.2, 0.25) is 0 Å². The molecule has 0 N–H and O–H groups in total. The molecule has 0 spiro atoms. The van der Waals surface area contributed by atoms with E-state index in [2.05, 4.69) is 257 Å². The van der Waals surface area contributed by atoms with Crippen molar-refractivity contribution in [3.63, 3.8) is 0 Å². The topological polar surface area (TPSA) is 32.8 Å². The molecular formula is C68H52N2O2S. The molecule has 0 aliphatic rings. The largest absolute Gasteiger partial charge is 0.455 e. The first-order valence-electron chi connectivity index (χ1n) is 25.3. The molecule has 11 aromatic carbocycles. The van der Waals surface area contributed by atoms with Crippen LogP contribution in [-0.2, 0) is 10.8 Å². The average molecular weight is 961 g/mol. The quantitative estimate of drug-likeness (QED) is 0.156. The van der Waals surface area contributed by atoms with Gasteiger partial charge in [0.15, 0.2) is 0 Å². The van der Waals surface area contributed by atoms with E-state index in [0.717, 1.165) is 99.5 Å². The van der Waals surface area contributed by atoms with Crippen LogP contribution in [0.25, 0.3) is 97.1 Å². The van der Waals surface area contributed by atoms with Crippen molar-refractivity contribution in [1.29, 1.82) is 0 Å². The van der Waals surface area contributed by atoms with Crippen molar-refractivity contribution in [2.75, 3.05) is 9.80 Å². The molecular weight excluding hydrogens is 909 g/mol. The number of benzene rings is 11. The molecule has 0 aliphatic heterocycles. The maximum Gasteiger partial charge on any atom is 0.146 e. The Kier molecular flexibility index (Phi) is 9.55. The number of nitrogens with zero attached hydrogens (tertiary/aromatic N) is 2. The molecule has 3 aromatic heterocycles. The molecule has 0 saturated heterocycles. The summed E-state index contributed by atoms with van der Waals surface area (Å²) in [6.45, 7) is 13.7. The highest BCUT2D eigenvalue weighted by Crippen LogP contribution is 2.55. The molecule has 352 valence electrons. The summed E-state index contributed by atoms with van der Waals surface area (Å²) >= 11 is 1.79. The van der Waals surface area contributed by atoms with E-state index in [9.17, 15) is 0 Å². The van der Waals surface area contributed by atoms with Crippen LogP contribution in [-0.4, -0.2) is 0 Å². The number of anilines is 6. The molecule has 0 bridgehead atoms. The molecule has 0 amide bonds. The van der Waals surface area contributed by atoms with E-state index in [1.807, 2.05) is 0 Å². The zero-order chi connectivity index (χ0) is 49.3. The zero-order valence-electron chi connectivity index (χ0n) is 41.7. The van der Waals surface area contributed by atoms with Crippen molar-refractivity contribution in [2.24, 2.45) is 0 Å². The molecule has 73 heavy (non-hydrogen) atoms. The van der Waals surface area contributed by atoms with E-state index in [0.29, 0.717) is 0 Å². The van der Waals surface area contributed by atoms with Crippen molar-refractivity contribution >= 4 is 143 Å². The molecule has 0 aliphatic carbocycles. The summed E-state index contributed by atoms with van der Waals surface area (Å²) in [5.41, 5.74) is 12.4. The SMILES string of the molecule is CC(C)(C)c1ccc(N(c2cccc3ccccc23)c2cc3c4ccsc4c4cc(N(c5ccc(C(C)(C)C)cc5)c5cccc6ccccc56)c5c6ccccc6oc5c4c3c3oc4ccccc4c23)cc1. The van der Waals surface area contributed by atoms with Crippen LogP contribution in [0, 0.1) is 0 Å². The van der Waals surface area contributed by atoms with Crippen LogP contribution in [0.5, 0.6) is 0 Å². The molecule has 0 atom stereocenters. The number of rotatable bonds is 6. The van der Waals surface area contributed by atoms with Crippen molar-refractivity contribution in [1.82, 2.24) is 0 Å². The summed E-state index contributed by atoms with van der Waals surface area (Å²) in [7, 11) is 0. The highest BCUT2D eigenvalue weighted by Gasteiger charge is 2.30. The van der Waals surface area contributed by atoms with Crippen LogP contribution in [0.2, 0.25) is 0 Å². The first-order chi connectivity index (χ1) is 35.5. The van der Waals surface area contributed by atoms with Gasteiger partial charge in [0, 0.05) is 59.2 Å². The molecule has 0 fully saturated rings. The predicted octanol–water partition coefficient (Wildman–Crippen LogP) is 20.8. The van der Waals surface area contributed by atoms with E-state index in [1.165, 1.54) is 42.8 Å². The molecule has 0 radical (unpaired) electrons. The molecule has 0 unspecified atom stereocenters. The van der Waals surface area contributed by atoms with Gasteiger partial charge in [-0.3, -0.25) is 0 Å². The number of hydrogen-bond donors (Lipinski definition) is 0. The molecule has 0 saturated carbocycles. The smallest absolute Gasteiger partial charge is 0.146 e. The Morgan fingerprint density at radius 3 is 1.23 bits per heavy atom. The number of hydrogen-bond acceptors (Lipinski definition) is 5. The van der Waals surface area contributed by atoms with Crippen molar-refractivity contribution in [3.05, 3.63) is 217 Å². The van der Waals surface area contributed by atoms with E-state index in [-0.39, 0.29) is 10.8 Å². The second-order valence-corrected chi connectivity index (χ2v) is 22.6. The highest BCUT2D eigenvalue weighted by molar-refractivity contribution is 7.18. The van der Waals surface area contributed by atoms with Gasteiger partial charge in [0.25, 0.3) is 0 Å². The number of furan rings is 2. The number of fused-ring (bicyclic) bond motifs is 16. The molecule has 5 heteroatoms. The van der Waals surface area contributed by atoms with E-state index in [1.54, 1.807) is 11.3 Å². The normalized spacial score (nSPS) is 12.5. The predicted molar refractivity (Wildman–Crippen MR) is 313 cm³/mol. The van der Waals surface area contributed by atoms with Gasteiger partial charge in [-0.2, -0.15) is 0 Å². The van der Waals surface area contributed by atoms with Gasteiger partial charge in [-0.15, -0.1) is 11.3 Å². The molecule has 14 aromatic rings. The summed E-state index contributed by atoms with van der Waals surface area (Å²) in [5, 5.41) is 16.7. The van der Waals surface area contributed by atoms with Gasteiger partial charge in [0.1, 0.15) is 22.3 Å². The Bertz CT molecular complexity index is 4220. The highest BCUT2D eigenvalue weighted by atomic mass is 32.1.